The molecule has 0 heterocycles. The summed E-state index contributed by atoms with van der Waals surface area (Å²) in [5.74, 6) is -0.523. The second-order valence-electron chi connectivity index (χ2n) is 9.86. The Morgan fingerprint density at radius 2 is 1.66 bits per heavy atom. The van der Waals surface area contributed by atoms with Gasteiger partial charge in [-0.2, -0.15) is 0 Å². The molecule has 2 saturated carbocycles. The number of nitrogens with one attached hydrogen (secondary N) is 1. The van der Waals surface area contributed by atoms with Gasteiger partial charge >= 0.3 is 5.97 Å². The van der Waals surface area contributed by atoms with E-state index in [2.05, 4.69) is 5.32 Å². The van der Waals surface area contributed by atoms with Crippen molar-refractivity contribution in [2.24, 2.45) is 23.7 Å². The highest BCUT2D eigenvalue weighted by atomic mass is 16.4. The first kappa shape index (κ1) is 24.1. The van der Waals surface area contributed by atoms with Gasteiger partial charge in [-0.05, 0) is 43.4 Å². The minimum absolute atomic E-state index is 0.178. The summed E-state index contributed by atoms with van der Waals surface area (Å²) in [6, 6.07) is -0.534. The maximum Gasteiger partial charge on any atom is 0.304 e. The monoisotopic (exact) mass is 411 g/mol. The SMILES string of the molecule is CC(C)C[C@H](O)[C@H](O)[C@H](CCC1CCCCC1)NC(=O)[C@@H](CC(=O)O)CC1CC1. The summed E-state index contributed by atoms with van der Waals surface area (Å²) < 4.78 is 0. The van der Waals surface area contributed by atoms with E-state index in [-0.39, 0.29) is 18.2 Å². The molecule has 0 aliphatic heterocycles. The number of aliphatic carboxylic acids is 1. The van der Waals surface area contributed by atoms with E-state index in [0.29, 0.717) is 31.1 Å². The summed E-state index contributed by atoms with van der Waals surface area (Å²) in [7, 11) is 0. The van der Waals surface area contributed by atoms with E-state index in [4.69, 9.17) is 0 Å². The number of rotatable bonds is 13. The molecule has 0 unspecified atom stereocenters. The number of carbonyl (C=O) groups is 2. The summed E-state index contributed by atoms with van der Waals surface area (Å²) in [6.45, 7) is 3.98. The molecule has 0 bridgehead atoms. The number of hydrogen-bond acceptors (Lipinski definition) is 4. The summed E-state index contributed by atoms with van der Waals surface area (Å²) in [4.78, 5) is 24.1. The van der Waals surface area contributed by atoms with E-state index in [1.807, 2.05) is 13.8 Å². The van der Waals surface area contributed by atoms with Crippen LogP contribution in [-0.2, 0) is 9.59 Å². The van der Waals surface area contributed by atoms with Gasteiger partial charge in [0.05, 0.1) is 24.7 Å². The Hall–Kier alpha value is -1.14. The third-order valence-electron chi connectivity index (χ3n) is 6.56. The van der Waals surface area contributed by atoms with Gasteiger partial charge in [-0.25, -0.2) is 0 Å². The lowest BCUT2D eigenvalue weighted by Gasteiger charge is -2.31. The molecule has 0 saturated heterocycles. The Labute approximate surface area is 175 Å². The molecule has 4 N–H and O–H groups in total. The Morgan fingerprint density at radius 3 is 2.21 bits per heavy atom. The van der Waals surface area contributed by atoms with Crippen LogP contribution in [0.1, 0.15) is 90.9 Å². The van der Waals surface area contributed by atoms with Crippen LogP contribution < -0.4 is 5.32 Å². The zero-order valence-corrected chi connectivity index (χ0v) is 18.2. The van der Waals surface area contributed by atoms with Crippen molar-refractivity contribution in [1.82, 2.24) is 5.32 Å². The second-order valence-corrected chi connectivity index (χ2v) is 9.86. The first-order chi connectivity index (χ1) is 13.8. The maximum atomic E-state index is 12.9. The molecule has 6 heteroatoms. The minimum Gasteiger partial charge on any atom is -0.481 e. The zero-order valence-electron chi connectivity index (χ0n) is 18.2. The highest BCUT2D eigenvalue weighted by Gasteiger charge is 2.34. The minimum atomic E-state index is -1.03. The Balaban J connectivity index is 2.00. The number of carbonyl (C=O) groups excluding carboxylic acids is 1. The van der Waals surface area contributed by atoms with E-state index in [0.717, 1.165) is 19.3 Å². The average molecular weight is 412 g/mol. The van der Waals surface area contributed by atoms with Crippen molar-refractivity contribution in [3.63, 3.8) is 0 Å². The fourth-order valence-electron chi connectivity index (χ4n) is 4.66. The lowest BCUT2D eigenvalue weighted by atomic mass is 9.83. The molecule has 1 amide bonds. The van der Waals surface area contributed by atoms with Gasteiger partial charge in [-0.15, -0.1) is 0 Å². The van der Waals surface area contributed by atoms with Gasteiger partial charge in [0.25, 0.3) is 0 Å². The van der Waals surface area contributed by atoms with Crippen molar-refractivity contribution in [2.45, 2.75) is 109 Å². The highest BCUT2D eigenvalue weighted by Crippen LogP contribution is 2.36. The van der Waals surface area contributed by atoms with Crippen LogP contribution in [0.2, 0.25) is 0 Å². The molecule has 29 heavy (non-hydrogen) atoms. The molecule has 0 aromatic rings. The fourth-order valence-corrected chi connectivity index (χ4v) is 4.66. The van der Waals surface area contributed by atoms with Crippen molar-refractivity contribution in [3.05, 3.63) is 0 Å². The van der Waals surface area contributed by atoms with Gasteiger partial charge in [0, 0.05) is 5.92 Å². The molecule has 2 rings (SSSR count). The Morgan fingerprint density at radius 1 is 1.00 bits per heavy atom. The van der Waals surface area contributed by atoms with Crippen LogP contribution in [-0.4, -0.2) is 45.4 Å². The third kappa shape index (κ3) is 9.04. The van der Waals surface area contributed by atoms with Crippen LogP contribution in [0.4, 0.5) is 0 Å². The topological polar surface area (TPSA) is 107 Å². The number of carboxylic acids is 1. The van der Waals surface area contributed by atoms with Crippen LogP contribution in [0.15, 0.2) is 0 Å². The Bertz CT molecular complexity index is 513. The summed E-state index contributed by atoms with van der Waals surface area (Å²) >= 11 is 0. The zero-order chi connectivity index (χ0) is 21.4. The molecule has 2 aliphatic carbocycles. The molecule has 0 aromatic heterocycles. The van der Waals surface area contributed by atoms with Gasteiger partial charge < -0.3 is 20.6 Å². The number of aliphatic hydroxyl groups excluding tert-OH is 2. The predicted molar refractivity (Wildman–Crippen MR) is 112 cm³/mol. The molecular formula is C23H41NO5. The van der Waals surface area contributed by atoms with Crippen molar-refractivity contribution >= 4 is 11.9 Å². The maximum absolute atomic E-state index is 12.9. The number of hydrogen-bond donors (Lipinski definition) is 4. The van der Waals surface area contributed by atoms with E-state index < -0.39 is 30.1 Å². The molecule has 2 fully saturated rings. The van der Waals surface area contributed by atoms with Crippen LogP contribution in [0.3, 0.4) is 0 Å². The first-order valence-corrected chi connectivity index (χ1v) is 11.6. The highest BCUT2D eigenvalue weighted by molar-refractivity contribution is 5.83. The average Bonchev–Trinajstić information content (AvgIpc) is 3.47. The van der Waals surface area contributed by atoms with Gasteiger partial charge in [0.15, 0.2) is 0 Å². The molecule has 0 aromatic carbocycles. The lowest BCUT2D eigenvalue weighted by molar-refractivity contribution is -0.142. The van der Waals surface area contributed by atoms with E-state index in [1.165, 1.54) is 32.1 Å². The van der Waals surface area contributed by atoms with Gasteiger partial charge in [0.1, 0.15) is 0 Å². The molecule has 168 valence electrons. The smallest absolute Gasteiger partial charge is 0.304 e. The molecule has 4 atom stereocenters. The summed E-state index contributed by atoms with van der Waals surface area (Å²) in [5, 5.41) is 33.4. The van der Waals surface area contributed by atoms with Crippen LogP contribution in [0.5, 0.6) is 0 Å². The van der Waals surface area contributed by atoms with Crippen molar-refractivity contribution in [3.8, 4) is 0 Å². The molecule has 2 aliphatic rings. The predicted octanol–water partition coefficient (Wildman–Crippen LogP) is 3.49. The van der Waals surface area contributed by atoms with Crippen molar-refractivity contribution in [2.75, 3.05) is 0 Å². The molecule has 6 nitrogen and oxygen atoms in total. The number of amides is 1. The second kappa shape index (κ2) is 11.9. The largest absolute Gasteiger partial charge is 0.481 e. The number of aliphatic hydroxyl groups is 2. The fraction of sp³-hybridized carbons (Fsp3) is 0.913. The van der Waals surface area contributed by atoms with E-state index >= 15 is 0 Å². The molecule has 0 spiro atoms. The van der Waals surface area contributed by atoms with Gasteiger partial charge in [-0.1, -0.05) is 58.8 Å². The standard InChI is InChI=1S/C23H41NO5/c1-15(2)12-20(25)22(28)19(11-10-16-6-4-3-5-7-16)24-23(29)18(14-21(26)27)13-17-8-9-17/h15-20,22,25,28H,3-14H2,1-2H3,(H,24,29)(H,26,27)/t18-,19+,20+,22-/m1/s1. The van der Waals surface area contributed by atoms with Crippen LogP contribution in [0.25, 0.3) is 0 Å². The molecule has 0 radical (unpaired) electrons. The van der Waals surface area contributed by atoms with E-state index in [1.54, 1.807) is 0 Å². The van der Waals surface area contributed by atoms with Crippen molar-refractivity contribution < 1.29 is 24.9 Å². The Kier molecular flexibility index (Phi) is 9.90. The van der Waals surface area contributed by atoms with Crippen LogP contribution >= 0.6 is 0 Å². The van der Waals surface area contributed by atoms with Gasteiger partial charge in [-0.3, -0.25) is 9.59 Å². The first-order valence-electron chi connectivity index (χ1n) is 11.6. The van der Waals surface area contributed by atoms with Crippen LogP contribution in [0, 0.1) is 23.7 Å². The third-order valence-corrected chi connectivity index (χ3v) is 6.56. The van der Waals surface area contributed by atoms with Gasteiger partial charge in [0.2, 0.25) is 5.91 Å². The van der Waals surface area contributed by atoms with Crippen molar-refractivity contribution in [1.29, 1.82) is 0 Å². The molecular weight excluding hydrogens is 370 g/mol. The van der Waals surface area contributed by atoms with E-state index in [9.17, 15) is 24.9 Å². The number of carboxylic acid groups (broad SMARTS) is 1. The normalized spacial score (nSPS) is 22.1. The summed E-state index contributed by atoms with van der Waals surface area (Å²) in [5.41, 5.74) is 0. The summed E-state index contributed by atoms with van der Waals surface area (Å²) in [6.07, 6.45) is 8.76. The lowest BCUT2D eigenvalue weighted by Crippen LogP contribution is -2.50. The quantitative estimate of drug-likeness (QED) is 0.371.